The molecule has 0 fully saturated rings. The lowest BCUT2D eigenvalue weighted by Crippen LogP contribution is -1.91. The molecular weight excluding hydrogens is 214 g/mol. The standard InChI is InChI=1S/C12H9N5/c1-16-7-11(6-15-16)10-4-9(5-13)12-2-3-14-17(12)8-10/h2-4,6-8H,1H3. The molecule has 3 aromatic heterocycles. The van der Waals surface area contributed by atoms with Gasteiger partial charge < -0.3 is 0 Å². The van der Waals surface area contributed by atoms with Crippen molar-refractivity contribution in [1.82, 2.24) is 19.4 Å². The summed E-state index contributed by atoms with van der Waals surface area (Å²) in [5.74, 6) is 0. The number of hydrogen-bond acceptors (Lipinski definition) is 3. The fourth-order valence-corrected chi connectivity index (χ4v) is 1.85. The lowest BCUT2D eigenvalue weighted by molar-refractivity contribution is 0.768. The first kappa shape index (κ1) is 9.60. The first-order valence-electron chi connectivity index (χ1n) is 5.14. The highest BCUT2D eigenvalue weighted by molar-refractivity contribution is 5.70. The van der Waals surface area contributed by atoms with Crippen LogP contribution in [-0.4, -0.2) is 19.4 Å². The Hall–Kier alpha value is -2.61. The van der Waals surface area contributed by atoms with Crippen molar-refractivity contribution in [3.05, 3.63) is 42.5 Å². The number of fused-ring (bicyclic) bond motifs is 1. The van der Waals surface area contributed by atoms with Gasteiger partial charge in [-0.05, 0) is 12.1 Å². The first-order chi connectivity index (χ1) is 8.28. The second-order valence-electron chi connectivity index (χ2n) is 3.82. The summed E-state index contributed by atoms with van der Waals surface area (Å²) in [4.78, 5) is 0. The lowest BCUT2D eigenvalue weighted by atomic mass is 10.1. The average molecular weight is 223 g/mol. The van der Waals surface area contributed by atoms with Gasteiger partial charge in [-0.15, -0.1) is 0 Å². The quantitative estimate of drug-likeness (QED) is 0.629. The molecule has 17 heavy (non-hydrogen) atoms. The minimum Gasteiger partial charge on any atom is -0.275 e. The van der Waals surface area contributed by atoms with Crippen LogP contribution in [0.5, 0.6) is 0 Å². The Morgan fingerprint density at radius 2 is 2.12 bits per heavy atom. The smallest absolute Gasteiger partial charge is 0.101 e. The number of pyridine rings is 1. The molecule has 0 aromatic carbocycles. The van der Waals surface area contributed by atoms with Gasteiger partial charge in [-0.2, -0.15) is 15.5 Å². The zero-order valence-electron chi connectivity index (χ0n) is 9.20. The zero-order chi connectivity index (χ0) is 11.8. The Morgan fingerprint density at radius 1 is 1.24 bits per heavy atom. The van der Waals surface area contributed by atoms with Crippen LogP contribution in [-0.2, 0) is 7.05 Å². The van der Waals surface area contributed by atoms with Gasteiger partial charge in [0.2, 0.25) is 0 Å². The fraction of sp³-hybridized carbons (Fsp3) is 0.0833. The predicted octanol–water partition coefficient (Wildman–Crippen LogP) is 1.61. The number of hydrogen-bond donors (Lipinski definition) is 0. The molecule has 0 saturated carbocycles. The van der Waals surface area contributed by atoms with Crippen LogP contribution >= 0.6 is 0 Å². The van der Waals surface area contributed by atoms with Crippen molar-refractivity contribution in [3.8, 4) is 17.2 Å². The SMILES string of the molecule is Cn1cc(-c2cc(C#N)c3ccnn3c2)cn1. The fourth-order valence-electron chi connectivity index (χ4n) is 1.85. The molecule has 3 rings (SSSR count). The number of rotatable bonds is 1. The van der Waals surface area contributed by atoms with Crippen LogP contribution in [0.2, 0.25) is 0 Å². The maximum Gasteiger partial charge on any atom is 0.101 e. The average Bonchev–Trinajstić information content (AvgIpc) is 2.95. The molecule has 5 nitrogen and oxygen atoms in total. The van der Waals surface area contributed by atoms with E-state index in [2.05, 4.69) is 16.3 Å². The van der Waals surface area contributed by atoms with Gasteiger partial charge in [0.25, 0.3) is 0 Å². The van der Waals surface area contributed by atoms with Crippen LogP contribution in [0.4, 0.5) is 0 Å². The van der Waals surface area contributed by atoms with Crippen molar-refractivity contribution in [2.45, 2.75) is 0 Å². The van der Waals surface area contributed by atoms with Crippen LogP contribution in [0, 0.1) is 11.3 Å². The number of aromatic nitrogens is 4. The number of aryl methyl sites for hydroxylation is 1. The number of nitrogens with zero attached hydrogens (tertiary/aromatic N) is 5. The Labute approximate surface area is 97.5 Å². The normalized spacial score (nSPS) is 10.6. The summed E-state index contributed by atoms with van der Waals surface area (Å²) in [6.45, 7) is 0. The lowest BCUT2D eigenvalue weighted by Gasteiger charge is -2.01. The molecule has 0 saturated heterocycles. The first-order valence-corrected chi connectivity index (χ1v) is 5.14. The van der Waals surface area contributed by atoms with Crippen LogP contribution in [0.1, 0.15) is 5.56 Å². The molecule has 0 aliphatic carbocycles. The van der Waals surface area contributed by atoms with E-state index in [1.807, 2.05) is 31.6 Å². The topological polar surface area (TPSA) is 58.9 Å². The molecule has 0 atom stereocenters. The highest BCUT2D eigenvalue weighted by atomic mass is 15.2. The van der Waals surface area contributed by atoms with E-state index in [4.69, 9.17) is 5.26 Å². The van der Waals surface area contributed by atoms with Crippen LogP contribution < -0.4 is 0 Å². The van der Waals surface area contributed by atoms with Gasteiger partial charge in [0, 0.05) is 30.6 Å². The molecule has 5 heteroatoms. The van der Waals surface area contributed by atoms with Gasteiger partial charge >= 0.3 is 0 Å². The molecule has 82 valence electrons. The summed E-state index contributed by atoms with van der Waals surface area (Å²) in [6.07, 6.45) is 7.26. The van der Waals surface area contributed by atoms with Gasteiger partial charge in [-0.1, -0.05) is 0 Å². The molecule has 3 aromatic rings. The van der Waals surface area contributed by atoms with Crippen molar-refractivity contribution in [2.24, 2.45) is 7.05 Å². The summed E-state index contributed by atoms with van der Waals surface area (Å²) in [7, 11) is 1.86. The largest absolute Gasteiger partial charge is 0.275 e. The van der Waals surface area contributed by atoms with E-state index < -0.39 is 0 Å². The Kier molecular flexibility index (Phi) is 1.95. The Balaban J connectivity index is 2.28. The van der Waals surface area contributed by atoms with E-state index >= 15 is 0 Å². The zero-order valence-corrected chi connectivity index (χ0v) is 9.20. The molecule has 0 aliphatic rings. The highest BCUT2D eigenvalue weighted by Gasteiger charge is 2.07. The molecule has 0 N–H and O–H groups in total. The van der Waals surface area contributed by atoms with Gasteiger partial charge in [0.1, 0.15) is 6.07 Å². The monoisotopic (exact) mass is 223 g/mol. The molecule has 0 bridgehead atoms. The summed E-state index contributed by atoms with van der Waals surface area (Å²) >= 11 is 0. The van der Waals surface area contributed by atoms with Crippen molar-refractivity contribution < 1.29 is 0 Å². The number of nitriles is 1. The van der Waals surface area contributed by atoms with Crippen molar-refractivity contribution >= 4 is 5.52 Å². The summed E-state index contributed by atoms with van der Waals surface area (Å²) < 4.78 is 3.44. The molecule has 3 heterocycles. The Bertz CT molecular complexity index is 729. The summed E-state index contributed by atoms with van der Waals surface area (Å²) in [5, 5.41) is 17.4. The van der Waals surface area contributed by atoms with Crippen molar-refractivity contribution in [2.75, 3.05) is 0 Å². The van der Waals surface area contributed by atoms with Crippen molar-refractivity contribution in [1.29, 1.82) is 5.26 Å². The predicted molar refractivity (Wildman–Crippen MR) is 62.1 cm³/mol. The van der Waals surface area contributed by atoms with Crippen LogP contribution in [0.15, 0.2) is 36.9 Å². The minimum absolute atomic E-state index is 0.615. The van der Waals surface area contributed by atoms with Crippen LogP contribution in [0.3, 0.4) is 0 Å². The third-order valence-corrected chi connectivity index (χ3v) is 2.67. The van der Waals surface area contributed by atoms with E-state index in [1.165, 1.54) is 0 Å². The van der Waals surface area contributed by atoms with Gasteiger partial charge in [0.05, 0.1) is 23.5 Å². The molecule has 0 aliphatic heterocycles. The molecule has 0 spiro atoms. The van der Waals surface area contributed by atoms with E-state index in [0.717, 1.165) is 16.6 Å². The summed E-state index contributed by atoms with van der Waals surface area (Å²) in [6, 6.07) is 5.87. The molecule has 0 radical (unpaired) electrons. The van der Waals surface area contributed by atoms with Crippen molar-refractivity contribution in [3.63, 3.8) is 0 Å². The molecule has 0 unspecified atom stereocenters. The molecule has 0 amide bonds. The van der Waals surface area contributed by atoms with E-state index in [9.17, 15) is 0 Å². The second-order valence-corrected chi connectivity index (χ2v) is 3.82. The summed E-state index contributed by atoms with van der Waals surface area (Å²) in [5.41, 5.74) is 3.34. The van der Waals surface area contributed by atoms with Gasteiger partial charge in [-0.3, -0.25) is 4.68 Å². The van der Waals surface area contributed by atoms with Gasteiger partial charge in [-0.25, -0.2) is 4.52 Å². The third-order valence-electron chi connectivity index (χ3n) is 2.67. The minimum atomic E-state index is 0.615. The second kappa shape index (κ2) is 3.46. The third kappa shape index (κ3) is 1.47. The molecular formula is C12H9N5. The van der Waals surface area contributed by atoms with Gasteiger partial charge in [0.15, 0.2) is 0 Å². The van der Waals surface area contributed by atoms with E-state index in [0.29, 0.717) is 5.56 Å². The maximum atomic E-state index is 9.12. The van der Waals surface area contributed by atoms with E-state index in [-0.39, 0.29) is 0 Å². The van der Waals surface area contributed by atoms with Crippen LogP contribution in [0.25, 0.3) is 16.6 Å². The Morgan fingerprint density at radius 3 is 2.82 bits per heavy atom. The highest BCUT2D eigenvalue weighted by Crippen LogP contribution is 2.21. The maximum absolute atomic E-state index is 9.12. The van der Waals surface area contributed by atoms with E-state index in [1.54, 1.807) is 21.6 Å².